The number of aromatic nitrogens is 3. The van der Waals surface area contributed by atoms with Crippen LogP contribution in [0.25, 0.3) is 11.2 Å². The summed E-state index contributed by atoms with van der Waals surface area (Å²) in [5, 5.41) is 0. The van der Waals surface area contributed by atoms with Crippen molar-refractivity contribution in [1.82, 2.24) is 19.4 Å². The van der Waals surface area contributed by atoms with Crippen LogP contribution in [-0.2, 0) is 6.54 Å². The van der Waals surface area contributed by atoms with Gasteiger partial charge < -0.3 is 14.5 Å². The number of aryl methyl sites for hydroxylation is 1. The molecule has 0 aliphatic carbocycles. The summed E-state index contributed by atoms with van der Waals surface area (Å²) in [6.45, 7) is 8.63. The smallest absolute Gasteiger partial charge is 0.179 e. The number of fused-ring (bicyclic) bond motifs is 1. The van der Waals surface area contributed by atoms with Crippen LogP contribution in [0.15, 0.2) is 18.3 Å². The van der Waals surface area contributed by atoms with E-state index in [1.54, 1.807) is 0 Å². The third kappa shape index (κ3) is 2.79. The van der Waals surface area contributed by atoms with Gasteiger partial charge in [0.1, 0.15) is 0 Å². The number of imidazole rings is 1. The molecule has 0 unspecified atom stereocenters. The van der Waals surface area contributed by atoms with E-state index >= 15 is 0 Å². The minimum Gasteiger partial charge on any atom is -0.329 e. The van der Waals surface area contributed by atoms with Gasteiger partial charge in [-0.1, -0.05) is 13.8 Å². The van der Waals surface area contributed by atoms with Gasteiger partial charge in [-0.15, -0.1) is 0 Å². The minimum absolute atomic E-state index is 0.767. The second-order valence-corrected chi connectivity index (χ2v) is 4.72. The maximum Gasteiger partial charge on any atom is 0.179 e. The first kappa shape index (κ1) is 13.2. The number of H-pyrrole nitrogens is 1. The summed E-state index contributed by atoms with van der Waals surface area (Å²) < 4.78 is 2.86. The molecule has 4 nitrogen and oxygen atoms in total. The zero-order valence-corrected chi connectivity index (χ0v) is 11.8. The summed E-state index contributed by atoms with van der Waals surface area (Å²) >= 11 is 5.34. The molecule has 0 fully saturated rings. The van der Waals surface area contributed by atoms with Gasteiger partial charge in [0, 0.05) is 12.7 Å². The lowest BCUT2D eigenvalue weighted by Gasteiger charge is -2.17. The van der Waals surface area contributed by atoms with Gasteiger partial charge in [0.15, 0.2) is 10.4 Å². The quantitative estimate of drug-likeness (QED) is 0.815. The van der Waals surface area contributed by atoms with Gasteiger partial charge in [-0.2, -0.15) is 0 Å². The Labute approximate surface area is 113 Å². The van der Waals surface area contributed by atoms with Crippen LogP contribution < -0.4 is 0 Å². The van der Waals surface area contributed by atoms with E-state index in [9.17, 15) is 0 Å². The largest absolute Gasteiger partial charge is 0.329 e. The number of nitrogens with one attached hydrogen (secondary N) is 1. The third-order valence-corrected chi connectivity index (χ3v) is 3.60. The predicted molar refractivity (Wildman–Crippen MR) is 77.3 cm³/mol. The standard InChI is InChI=1S/C13H20N4S/c1-3-16(4-2)9-6-10-17-12-11(15-13(17)18)7-5-8-14-12/h5,7-8H,3-4,6,9-10H2,1-2H3,(H,15,18). The number of hydrogen-bond acceptors (Lipinski definition) is 3. The molecule has 0 aromatic carbocycles. The molecule has 0 radical (unpaired) electrons. The van der Waals surface area contributed by atoms with Crippen molar-refractivity contribution in [3.05, 3.63) is 23.1 Å². The van der Waals surface area contributed by atoms with Crippen molar-refractivity contribution in [2.24, 2.45) is 0 Å². The van der Waals surface area contributed by atoms with E-state index in [1.165, 1.54) is 0 Å². The molecule has 0 saturated carbocycles. The number of nitrogens with zero attached hydrogens (tertiary/aromatic N) is 3. The second-order valence-electron chi connectivity index (χ2n) is 4.34. The zero-order valence-electron chi connectivity index (χ0n) is 11.0. The average molecular weight is 264 g/mol. The molecule has 0 aliphatic rings. The van der Waals surface area contributed by atoms with Crippen molar-refractivity contribution < 1.29 is 0 Å². The van der Waals surface area contributed by atoms with Gasteiger partial charge in [0.2, 0.25) is 0 Å². The molecule has 18 heavy (non-hydrogen) atoms. The fourth-order valence-corrected chi connectivity index (χ4v) is 2.48. The van der Waals surface area contributed by atoms with Gasteiger partial charge in [-0.25, -0.2) is 4.98 Å². The lowest BCUT2D eigenvalue weighted by molar-refractivity contribution is 0.293. The summed E-state index contributed by atoms with van der Waals surface area (Å²) in [5.74, 6) is 0. The van der Waals surface area contributed by atoms with Crippen LogP contribution in [0.5, 0.6) is 0 Å². The van der Waals surface area contributed by atoms with Crippen molar-refractivity contribution in [2.75, 3.05) is 19.6 Å². The van der Waals surface area contributed by atoms with E-state index in [1.807, 2.05) is 18.3 Å². The summed E-state index contributed by atoms with van der Waals surface area (Å²) in [5.41, 5.74) is 1.98. The van der Waals surface area contributed by atoms with Gasteiger partial charge >= 0.3 is 0 Å². The predicted octanol–water partition coefficient (Wildman–Crippen LogP) is 2.83. The highest BCUT2D eigenvalue weighted by atomic mass is 32.1. The Balaban J connectivity index is 2.08. The molecule has 0 amide bonds. The Hall–Kier alpha value is -1.20. The molecule has 0 saturated heterocycles. The van der Waals surface area contributed by atoms with E-state index in [4.69, 9.17) is 12.2 Å². The van der Waals surface area contributed by atoms with Gasteiger partial charge in [0.25, 0.3) is 0 Å². The highest BCUT2D eigenvalue weighted by molar-refractivity contribution is 7.71. The van der Waals surface area contributed by atoms with Crippen molar-refractivity contribution in [3.63, 3.8) is 0 Å². The third-order valence-electron chi connectivity index (χ3n) is 3.28. The Morgan fingerprint density at radius 2 is 2.17 bits per heavy atom. The van der Waals surface area contributed by atoms with Gasteiger partial charge in [-0.3, -0.25) is 0 Å². The van der Waals surface area contributed by atoms with Crippen molar-refractivity contribution in [2.45, 2.75) is 26.8 Å². The molecular formula is C13H20N4S. The first-order valence-corrected chi connectivity index (χ1v) is 6.93. The average Bonchev–Trinajstić information content (AvgIpc) is 2.71. The monoisotopic (exact) mass is 264 g/mol. The zero-order chi connectivity index (χ0) is 13.0. The summed E-state index contributed by atoms with van der Waals surface area (Å²) in [7, 11) is 0. The maximum atomic E-state index is 5.34. The summed E-state index contributed by atoms with van der Waals surface area (Å²) in [6, 6.07) is 3.94. The molecule has 0 bridgehead atoms. The Bertz CT molecular complexity index is 553. The fraction of sp³-hybridized carbons (Fsp3) is 0.538. The van der Waals surface area contributed by atoms with E-state index in [0.717, 1.165) is 48.5 Å². The first-order valence-electron chi connectivity index (χ1n) is 6.52. The van der Waals surface area contributed by atoms with E-state index in [-0.39, 0.29) is 0 Å². The van der Waals surface area contributed by atoms with Crippen molar-refractivity contribution in [1.29, 1.82) is 0 Å². The maximum absolute atomic E-state index is 5.34. The molecule has 0 spiro atoms. The number of rotatable bonds is 6. The topological polar surface area (TPSA) is 36.9 Å². The molecule has 2 heterocycles. The van der Waals surface area contributed by atoms with Gasteiger partial charge in [-0.05, 0) is 50.4 Å². The molecule has 2 rings (SSSR count). The van der Waals surface area contributed by atoms with E-state index in [0.29, 0.717) is 0 Å². The van der Waals surface area contributed by atoms with E-state index in [2.05, 4.69) is 33.3 Å². The Morgan fingerprint density at radius 3 is 2.89 bits per heavy atom. The molecule has 0 aliphatic heterocycles. The molecular weight excluding hydrogens is 244 g/mol. The van der Waals surface area contributed by atoms with Crippen molar-refractivity contribution in [3.8, 4) is 0 Å². The van der Waals surface area contributed by atoms with Crippen molar-refractivity contribution >= 4 is 23.4 Å². The highest BCUT2D eigenvalue weighted by Crippen LogP contribution is 2.11. The molecule has 2 aromatic heterocycles. The van der Waals surface area contributed by atoms with E-state index < -0.39 is 0 Å². The molecule has 2 aromatic rings. The van der Waals surface area contributed by atoms with Crippen LogP contribution in [0, 0.1) is 4.77 Å². The van der Waals surface area contributed by atoms with Crippen LogP contribution >= 0.6 is 12.2 Å². The summed E-state index contributed by atoms with van der Waals surface area (Å²) in [4.78, 5) is 10.0. The van der Waals surface area contributed by atoms with Crippen LogP contribution in [-0.4, -0.2) is 39.1 Å². The minimum atomic E-state index is 0.767. The first-order chi connectivity index (χ1) is 8.76. The second kappa shape index (κ2) is 6.11. The molecule has 98 valence electrons. The normalized spacial score (nSPS) is 11.5. The highest BCUT2D eigenvalue weighted by Gasteiger charge is 2.05. The molecule has 0 atom stereocenters. The number of aromatic amines is 1. The van der Waals surface area contributed by atoms with Crippen LogP contribution in [0.4, 0.5) is 0 Å². The Kier molecular flexibility index (Phi) is 4.49. The lowest BCUT2D eigenvalue weighted by atomic mass is 10.3. The van der Waals surface area contributed by atoms with Crippen LogP contribution in [0.1, 0.15) is 20.3 Å². The van der Waals surface area contributed by atoms with Gasteiger partial charge in [0.05, 0.1) is 5.52 Å². The van der Waals surface area contributed by atoms with Crippen LogP contribution in [0.3, 0.4) is 0 Å². The fourth-order valence-electron chi connectivity index (χ4n) is 2.19. The molecule has 5 heteroatoms. The Morgan fingerprint density at radius 1 is 1.39 bits per heavy atom. The van der Waals surface area contributed by atoms with Crippen LogP contribution in [0.2, 0.25) is 0 Å². The number of pyridine rings is 1. The molecule has 1 N–H and O–H groups in total. The lowest BCUT2D eigenvalue weighted by Crippen LogP contribution is -2.24. The SMILES string of the molecule is CCN(CC)CCCn1c(=S)[nH]c2cccnc21. The number of hydrogen-bond donors (Lipinski definition) is 1. The summed E-state index contributed by atoms with van der Waals surface area (Å²) in [6.07, 6.45) is 2.91.